The molecule has 8 saturated heterocycles. The maximum absolute atomic E-state index is 12.9. The molecule has 8 aliphatic rings. The number of quaternary nitrogens is 1. The molecule has 0 radical (unpaired) electrons. The molecule has 370 valence electrons. The third kappa shape index (κ3) is 10.1. The number of rotatable bonds is 11. The van der Waals surface area contributed by atoms with Gasteiger partial charge in [-0.15, -0.1) is 0 Å². The first-order chi connectivity index (χ1) is 32.9. The van der Waals surface area contributed by atoms with Gasteiger partial charge in [0, 0.05) is 49.0 Å². The lowest BCUT2D eigenvalue weighted by Crippen LogP contribution is -2.51. The van der Waals surface area contributed by atoms with Crippen LogP contribution in [-0.2, 0) is 58.7 Å². The van der Waals surface area contributed by atoms with E-state index in [4.69, 9.17) is 49.5 Å². The number of halogens is 1. The Morgan fingerprint density at radius 2 is 0.928 bits per heavy atom. The molecular weight excluding hydrogens is 906 g/mol. The summed E-state index contributed by atoms with van der Waals surface area (Å²) in [6, 6.07) is 35.2. The summed E-state index contributed by atoms with van der Waals surface area (Å²) in [6.45, 7) is 13.8. The number of benzene rings is 4. The highest BCUT2D eigenvalue weighted by molar-refractivity contribution is 6.65. The van der Waals surface area contributed by atoms with Gasteiger partial charge in [-0.1, -0.05) is 137 Å². The average Bonchev–Trinajstić information content (AvgIpc) is 4.01. The van der Waals surface area contributed by atoms with Gasteiger partial charge in [0.25, 0.3) is 5.24 Å². The van der Waals surface area contributed by atoms with E-state index >= 15 is 0 Å². The van der Waals surface area contributed by atoms with Crippen LogP contribution in [0.2, 0.25) is 0 Å². The summed E-state index contributed by atoms with van der Waals surface area (Å²) in [4.78, 5) is 47.7. The molecule has 0 aliphatic carbocycles. The molecule has 15 heteroatoms. The Balaban J connectivity index is 0.000000145. The number of aromatic carboxylic acids is 1. The monoisotopic (exact) mass is 969 g/mol. The molecule has 0 saturated carbocycles. The minimum absolute atomic E-state index is 0.00878. The molecule has 8 aliphatic heterocycles. The quantitative estimate of drug-likeness (QED) is 0.137. The molecule has 0 spiro atoms. The predicted molar refractivity (Wildman–Crippen MR) is 251 cm³/mol. The van der Waals surface area contributed by atoms with E-state index in [1.165, 1.54) is 38.0 Å². The van der Waals surface area contributed by atoms with Gasteiger partial charge < -0.3 is 53.5 Å². The molecule has 4 aromatic carbocycles. The molecule has 8 heterocycles. The van der Waals surface area contributed by atoms with Gasteiger partial charge in [-0.3, -0.25) is 4.79 Å². The second-order valence-corrected chi connectivity index (χ2v) is 19.4. The average molecular weight is 971 g/mol. The summed E-state index contributed by atoms with van der Waals surface area (Å²) in [5.74, 6) is -1.52. The molecule has 4 aromatic rings. The van der Waals surface area contributed by atoms with Gasteiger partial charge in [0.1, 0.15) is 30.5 Å². The highest BCUT2D eigenvalue weighted by Gasteiger charge is 2.66. The fourth-order valence-corrected chi connectivity index (χ4v) is 10.6. The number of carboxylic acids is 1. The second kappa shape index (κ2) is 21.5. The molecule has 17 atom stereocenters. The summed E-state index contributed by atoms with van der Waals surface area (Å²) in [6.07, 6.45) is -1.27. The predicted octanol–water partition coefficient (Wildman–Crippen LogP) is 5.98. The van der Waals surface area contributed by atoms with Gasteiger partial charge in [-0.25, -0.2) is 9.59 Å². The Morgan fingerprint density at radius 1 is 0.551 bits per heavy atom. The maximum Gasteiger partial charge on any atom is 0.343 e. The Kier molecular flexibility index (Phi) is 16.2. The number of ether oxygens (including phenoxy) is 8. The highest BCUT2D eigenvalue weighted by atomic mass is 35.5. The number of esters is 2. The number of hydrogen-bond donors (Lipinski definition) is 1. The fraction of sp³-hybridized carbons (Fsp3) is 0.481. The Hall–Kier alpha value is -5.03. The zero-order valence-electron chi connectivity index (χ0n) is 40.5. The lowest BCUT2D eigenvalue weighted by Gasteiger charge is -2.39. The molecule has 8 fully saturated rings. The van der Waals surface area contributed by atoms with Gasteiger partial charge in [0.2, 0.25) is 0 Å². The molecular formula is C54H64ClNO13. The summed E-state index contributed by atoms with van der Waals surface area (Å²) >= 11 is 5.46. The van der Waals surface area contributed by atoms with Gasteiger partial charge in [0.05, 0.1) is 35.9 Å². The SMILES string of the molecule is CO[C@@](C)(C(=O)Cl)c1ccccc1.CO[C@@](C)(C(=O)O[C@H]1[C@H]2O[C@H]3[C@@H](C)[C@@H]2O[C@@H]1[C@H]3C)c1ccccc1.C[C@@H]1[C@@H]2O[C@H]3[C@H](OC(=O)c4ccccc4C(=O)[O-])[C@H](O[C@@H]13)[C@H]2C.C[C@H]([NH3+])c1ccccc1. The Labute approximate surface area is 409 Å². The zero-order chi connectivity index (χ0) is 49.9. The van der Waals surface area contributed by atoms with Gasteiger partial charge >= 0.3 is 11.9 Å². The van der Waals surface area contributed by atoms with Crippen molar-refractivity contribution in [3.05, 3.63) is 143 Å². The van der Waals surface area contributed by atoms with Crippen molar-refractivity contribution in [1.29, 1.82) is 0 Å². The maximum atomic E-state index is 12.9. The van der Waals surface area contributed by atoms with Crippen LogP contribution >= 0.6 is 11.6 Å². The minimum Gasteiger partial charge on any atom is -0.545 e. The van der Waals surface area contributed by atoms with Crippen molar-refractivity contribution in [3.63, 3.8) is 0 Å². The van der Waals surface area contributed by atoms with Gasteiger partial charge in [-0.2, -0.15) is 0 Å². The van der Waals surface area contributed by atoms with Crippen LogP contribution in [0.1, 0.15) is 91.9 Å². The third-order valence-electron chi connectivity index (χ3n) is 14.8. The van der Waals surface area contributed by atoms with Crippen molar-refractivity contribution in [1.82, 2.24) is 0 Å². The van der Waals surface area contributed by atoms with Gasteiger partial charge in [-0.05, 0) is 49.6 Å². The first kappa shape index (κ1) is 51.8. The Morgan fingerprint density at radius 3 is 1.33 bits per heavy atom. The summed E-state index contributed by atoms with van der Waals surface area (Å²) in [5.41, 5.74) is 4.38. The van der Waals surface area contributed by atoms with E-state index in [-0.39, 0.29) is 83.8 Å². The van der Waals surface area contributed by atoms with Crippen LogP contribution in [-0.4, -0.2) is 98.4 Å². The highest BCUT2D eigenvalue weighted by Crippen LogP contribution is 2.52. The van der Waals surface area contributed by atoms with Crippen LogP contribution in [0.3, 0.4) is 0 Å². The molecule has 69 heavy (non-hydrogen) atoms. The zero-order valence-corrected chi connectivity index (χ0v) is 41.3. The molecule has 12 rings (SSSR count). The van der Waals surface area contributed by atoms with Crippen LogP contribution in [0, 0.1) is 23.7 Å². The minimum atomic E-state index is -1.40. The number of carbonyl (C=O) groups is 4. The summed E-state index contributed by atoms with van der Waals surface area (Å²) in [7, 11) is 2.99. The smallest absolute Gasteiger partial charge is 0.343 e. The van der Waals surface area contributed by atoms with Gasteiger partial charge in [0.15, 0.2) is 23.4 Å². The lowest BCUT2D eigenvalue weighted by molar-refractivity contribution is -0.420. The summed E-state index contributed by atoms with van der Waals surface area (Å²) in [5, 5.41) is 10.6. The summed E-state index contributed by atoms with van der Waals surface area (Å²) < 4.78 is 46.3. The van der Waals surface area contributed by atoms with E-state index in [1.807, 2.05) is 85.8 Å². The van der Waals surface area contributed by atoms with Crippen LogP contribution in [0.25, 0.3) is 0 Å². The second-order valence-electron chi connectivity index (χ2n) is 19.1. The van der Waals surface area contributed by atoms with E-state index in [0.717, 1.165) is 11.1 Å². The van der Waals surface area contributed by atoms with Crippen LogP contribution < -0.4 is 10.8 Å². The molecule has 8 bridgehead atoms. The third-order valence-corrected chi connectivity index (χ3v) is 15.2. The van der Waals surface area contributed by atoms with Crippen molar-refractivity contribution in [3.8, 4) is 0 Å². The molecule has 14 nitrogen and oxygen atoms in total. The number of carboxylic acid groups (broad SMARTS) is 1. The van der Waals surface area contributed by atoms with Crippen molar-refractivity contribution in [2.75, 3.05) is 14.2 Å². The fourth-order valence-electron chi connectivity index (χ4n) is 10.4. The normalized spacial score (nSPS) is 32.6. The standard InChI is InChI=1S/C19H24O5.C17H18O6.C10H11ClO2.C8H11N/c1-10-13-11(2)15-17(16(22-13)14(10)23-15)24-18(20)19(3,21-4)12-8-6-5-7-9-12;1-7-11-8(2)13-15(14(21-11)12(7)22-13)23-17(20)10-6-4-3-5-9(10)16(18)19;1-10(13-2,9(11)12)8-6-4-3-5-7-8;1-7(9)8-5-3-2-4-6-8/h5-11,13-17H,1-4H3;3-8,11-15H,1-2H3,(H,18,19);3-7H,1-2H3;2-7H,9H2,1H3/t10-,11+,13+,14+,15-,16+,17-,19-;7-,8+,11+,12+,13-,14-,15-;10-;7-/m1110/s1. The van der Waals surface area contributed by atoms with Crippen molar-refractivity contribution < 1.29 is 67.9 Å². The van der Waals surface area contributed by atoms with E-state index in [9.17, 15) is 24.3 Å². The molecule has 0 amide bonds. The van der Waals surface area contributed by atoms with Crippen LogP contribution in [0.4, 0.5) is 0 Å². The van der Waals surface area contributed by atoms with Crippen molar-refractivity contribution in [2.45, 2.75) is 127 Å². The number of hydrogen-bond acceptors (Lipinski definition) is 13. The topological polar surface area (TPSA) is 193 Å². The largest absolute Gasteiger partial charge is 0.545 e. The molecule has 0 aromatic heterocycles. The lowest BCUT2D eigenvalue weighted by atomic mass is 9.87. The van der Waals surface area contributed by atoms with Crippen molar-refractivity contribution in [2.24, 2.45) is 23.7 Å². The number of carbonyl (C=O) groups excluding carboxylic acids is 4. The van der Waals surface area contributed by atoms with E-state index < -0.39 is 40.5 Å². The van der Waals surface area contributed by atoms with E-state index in [0.29, 0.717) is 12.0 Å². The first-order valence-electron chi connectivity index (χ1n) is 23.5. The molecule has 0 unspecified atom stereocenters. The van der Waals surface area contributed by atoms with E-state index in [1.54, 1.807) is 19.9 Å². The van der Waals surface area contributed by atoms with Crippen LogP contribution in [0.15, 0.2) is 115 Å². The first-order valence-corrected chi connectivity index (χ1v) is 23.9. The van der Waals surface area contributed by atoms with Crippen molar-refractivity contribution >= 4 is 34.8 Å². The Bertz CT molecular complexity index is 2400. The molecule has 3 N–H and O–H groups in total. The number of methoxy groups -OCH3 is 2. The van der Waals surface area contributed by atoms with Crippen LogP contribution in [0.5, 0.6) is 0 Å². The van der Waals surface area contributed by atoms with E-state index in [2.05, 4.69) is 45.6 Å².